The highest BCUT2D eigenvalue weighted by Gasteiger charge is 2.39. The van der Waals surface area contributed by atoms with Gasteiger partial charge in [0.25, 0.3) is 0 Å². The van der Waals surface area contributed by atoms with Crippen LogP contribution in [0.5, 0.6) is 0 Å². The molecule has 1 aromatic heterocycles. The molecule has 160 valence electrons. The number of nitrogens with one attached hydrogen (secondary N) is 1. The number of carbonyl (C=O) groups excluding carboxylic acids is 2. The Morgan fingerprint density at radius 2 is 1.90 bits per heavy atom. The Bertz CT molecular complexity index is 1050. The van der Waals surface area contributed by atoms with Crippen molar-refractivity contribution in [2.24, 2.45) is 0 Å². The predicted octanol–water partition coefficient (Wildman–Crippen LogP) is 2.76. The van der Waals surface area contributed by atoms with Crippen LogP contribution in [0.1, 0.15) is 17.9 Å². The first-order valence-electron chi connectivity index (χ1n) is 9.86. The lowest BCUT2D eigenvalue weighted by Gasteiger charge is -2.23. The van der Waals surface area contributed by atoms with Crippen LogP contribution in [0.3, 0.4) is 0 Å². The molecule has 0 unspecified atom stereocenters. The van der Waals surface area contributed by atoms with Crippen LogP contribution in [-0.2, 0) is 16.1 Å². The minimum atomic E-state index is -0.823. The van der Waals surface area contributed by atoms with Gasteiger partial charge >= 0.3 is 6.09 Å². The quantitative estimate of drug-likeness (QED) is 0.649. The lowest BCUT2D eigenvalue weighted by Crippen LogP contribution is -2.43. The van der Waals surface area contributed by atoms with E-state index in [4.69, 9.17) is 9.15 Å². The monoisotopic (exact) mass is 422 g/mol. The normalized spacial score (nSPS) is 18.1. The number of carbonyl (C=O) groups is 2. The number of rotatable bonds is 5. The first-order valence-corrected chi connectivity index (χ1v) is 9.86. The second-order valence-electron chi connectivity index (χ2n) is 7.29. The van der Waals surface area contributed by atoms with Crippen molar-refractivity contribution in [1.29, 1.82) is 0 Å². The van der Waals surface area contributed by atoms with Gasteiger partial charge in [0.05, 0.1) is 12.6 Å². The summed E-state index contributed by atoms with van der Waals surface area (Å²) in [6, 6.07) is 15.3. The molecule has 2 atom stereocenters. The summed E-state index contributed by atoms with van der Waals surface area (Å²) in [5, 5.41) is 20.6. The number of aromatic nitrogens is 2. The summed E-state index contributed by atoms with van der Waals surface area (Å²) in [6.07, 6.45) is -1.28. The SMILES string of the molecule is Cc1nnc(-c2ccc(NC(=O)[C@@H]3C[C@@H](O)CN3C(=O)OCc3ccccc3)cc2)o1. The second-order valence-corrected chi connectivity index (χ2v) is 7.29. The fourth-order valence-corrected chi connectivity index (χ4v) is 3.40. The first kappa shape index (κ1) is 20.5. The van der Waals surface area contributed by atoms with Crippen molar-refractivity contribution in [3.63, 3.8) is 0 Å². The Kier molecular flexibility index (Phi) is 5.94. The number of amides is 2. The van der Waals surface area contributed by atoms with E-state index in [2.05, 4.69) is 15.5 Å². The molecule has 0 bridgehead atoms. The molecule has 2 amide bonds. The van der Waals surface area contributed by atoms with Crippen molar-refractivity contribution in [1.82, 2.24) is 15.1 Å². The number of β-amino-alcohol motifs (C(OH)–C–C–N with tert-alkyl or cyclic N) is 1. The Morgan fingerprint density at radius 3 is 2.58 bits per heavy atom. The summed E-state index contributed by atoms with van der Waals surface area (Å²) in [7, 11) is 0. The Labute approximate surface area is 178 Å². The molecule has 1 aliphatic rings. The van der Waals surface area contributed by atoms with E-state index in [1.807, 2.05) is 30.3 Å². The van der Waals surface area contributed by atoms with Gasteiger partial charge in [-0.25, -0.2) is 4.79 Å². The maximum Gasteiger partial charge on any atom is 0.410 e. The van der Waals surface area contributed by atoms with Gasteiger partial charge in [0.2, 0.25) is 17.7 Å². The van der Waals surface area contributed by atoms with Gasteiger partial charge in [-0.15, -0.1) is 10.2 Å². The Hall–Kier alpha value is -3.72. The van der Waals surface area contributed by atoms with Crippen LogP contribution in [0.25, 0.3) is 11.5 Å². The largest absolute Gasteiger partial charge is 0.445 e. The van der Waals surface area contributed by atoms with Crippen molar-refractivity contribution in [3.05, 3.63) is 66.1 Å². The van der Waals surface area contributed by atoms with Gasteiger partial charge in [0, 0.05) is 24.6 Å². The van der Waals surface area contributed by atoms with E-state index in [9.17, 15) is 14.7 Å². The van der Waals surface area contributed by atoms with Crippen LogP contribution in [0.4, 0.5) is 10.5 Å². The van der Waals surface area contributed by atoms with Gasteiger partial charge in [0.15, 0.2) is 0 Å². The highest BCUT2D eigenvalue weighted by Crippen LogP contribution is 2.23. The molecule has 0 saturated carbocycles. The summed E-state index contributed by atoms with van der Waals surface area (Å²) in [5.41, 5.74) is 2.11. The van der Waals surface area contributed by atoms with E-state index >= 15 is 0 Å². The minimum Gasteiger partial charge on any atom is -0.445 e. The molecule has 9 nitrogen and oxygen atoms in total. The van der Waals surface area contributed by atoms with Crippen molar-refractivity contribution in [2.75, 3.05) is 11.9 Å². The van der Waals surface area contributed by atoms with Gasteiger partial charge in [-0.3, -0.25) is 9.69 Å². The number of aliphatic hydroxyl groups excluding tert-OH is 1. The van der Waals surface area contributed by atoms with Gasteiger partial charge in [0.1, 0.15) is 12.6 Å². The molecule has 2 N–H and O–H groups in total. The van der Waals surface area contributed by atoms with Crippen molar-refractivity contribution < 1.29 is 23.8 Å². The van der Waals surface area contributed by atoms with Crippen LogP contribution in [0, 0.1) is 6.92 Å². The summed E-state index contributed by atoms with van der Waals surface area (Å²) in [6.45, 7) is 1.84. The molecule has 9 heteroatoms. The van der Waals surface area contributed by atoms with Crippen LogP contribution < -0.4 is 5.32 Å². The topological polar surface area (TPSA) is 118 Å². The lowest BCUT2D eigenvalue weighted by molar-refractivity contribution is -0.120. The number of benzene rings is 2. The molecule has 3 aromatic rings. The van der Waals surface area contributed by atoms with Crippen molar-refractivity contribution >= 4 is 17.7 Å². The van der Waals surface area contributed by atoms with E-state index in [-0.39, 0.29) is 19.6 Å². The standard InChI is InChI=1S/C22H22N4O5/c1-14-24-25-21(31-14)16-7-9-17(10-8-16)23-20(28)19-11-18(27)12-26(19)22(29)30-13-15-5-3-2-4-6-15/h2-10,18-19,27H,11-13H2,1H3,(H,23,28)/t18-,19+/m1/s1. The molecule has 4 rings (SSSR count). The van der Waals surface area contributed by atoms with E-state index in [1.54, 1.807) is 31.2 Å². The predicted molar refractivity (Wildman–Crippen MR) is 111 cm³/mol. The molecule has 1 saturated heterocycles. The molecule has 2 aromatic carbocycles. The average molecular weight is 422 g/mol. The number of aryl methyl sites for hydroxylation is 1. The van der Waals surface area contributed by atoms with Gasteiger partial charge in [-0.05, 0) is 29.8 Å². The van der Waals surface area contributed by atoms with Gasteiger partial charge in [-0.1, -0.05) is 30.3 Å². The maximum atomic E-state index is 12.8. The number of nitrogens with zero attached hydrogens (tertiary/aromatic N) is 3. The highest BCUT2D eigenvalue weighted by molar-refractivity contribution is 5.97. The molecular weight excluding hydrogens is 400 g/mol. The Morgan fingerprint density at radius 1 is 1.16 bits per heavy atom. The summed E-state index contributed by atoms with van der Waals surface area (Å²) in [4.78, 5) is 26.6. The lowest BCUT2D eigenvalue weighted by atomic mass is 10.1. The summed E-state index contributed by atoms with van der Waals surface area (Å²) >= 11 is 0. The minimum absolute atomic E-state index is 0.0428. The van der Waals surface area contributed by atoms with E-state index in [0.29, 0.717) is 17.5 Å². The zero-order valence-corrected chi connectivity index (χ0v) is 16.9. The summed E-state index contributed by atoms with van der Waals surface area (Å²) in [5.74, 6) is 0.461. The third-order valence-corrected chi connectivity index (χ3v) is 4.95. The zero-order valence-electron chi connectivity index (χ0n) is 16.9. The number of likely N-dealkylation sites (tertiary alicyclic amines) is 1. The average Bonchev–Trinajstić information content (AvgIpc) is 3.39. The van der Waals surface area contributed by atoms with Crippen molar-refractivity contribution in [3.8, 4) is 11.5 Å². The smallest absolute Gasteiger partial charge is 0.410 e. The molecule has 0 aliphatic carbocycles. The maximum absolute atomic E-state index is 12.8. The van der Waals surface area contributed by atoms with Gasteiger partial charge in [-0.2, -0.15) is 0 Å². The van der Waals surface area contributed by atoms with Crippen LogP contribution in [0.2, 0.25) is 0 Å². The van der Waals surface area contributed by atoms with Crippen molar-refractivity contribution in [2.45, 2.75) is 32.1 Å². The third-order valence-electron chi connectivity index (χ3n) is 4.95. The Balaban J connectivity index is 1.38. The number of ether oxygens (including phenoxy) is 1. The molecule has 1 fully saturated rings. The molecule has 2 heterocycles. The second kappa shape index (κ2) is 8.97. The van der Waals surface area contributed by atoms with E-state index < -0.39 is 24.1 Å². The fourth-order valence-electron chi connectivity index (χ4n) is 3.40. The van der Waals surface area contributed by atoms with E-state index in [0.717, 1.165) is 11.1 Å². The number of anilines is 1. The number of hydrogen-bond donors (Lipinski definition) is 2. The molecule has 0 radical (unpaired) electrons. The number of aliphatic hydroxyl groups is 1. The number of hydrogen-bond acceptors (Lipinski definition) is 7. The molecule has 31 heavy (non-hydrogen) atoms. The zero-order chi connectivity index (χ0) is 21.8. The molecule has 0 spiro atoms. The summed E-state index contributed by atoms with van der Waals surface area (Å²) < 4.78 is 10.7. The third kappa shape index (κ3) is 4.89. The molecular formula is C22H22N4O5. The van der Waals surface area contributed by atoms with Crippen LogP contribution in [0.15, 0.2) is 59.0 Å². The highest BCUT2D eigenvalue weighted by atomic mass is 16.6. The van der Waals surface area contributed by atoms with Gasteiger partial charge < -0.3 is 19.6 Å². The van der Waals surface area contributed by atoms with E-state index in [1.165, 1.54) is 4.90 Å². The first-order chi connectivity index (χ1) is 15.0. The molecule has 1 aliphatic heterocycles. The van der Waals surface area contributed by atoms with Crippen LogP contribution in [-0.4, -0.2) is 50.9 Å². The van der Waals surface area contributed by atoms with Crippen LogP contribution >= 0.6 is 0 Å². The fraction of sp³-hybridized carbons (Fsp3) is 0.273.